The summed E-state index contributed by atoms with van der Waals surface area (Å²) in [6.45, 7) is -0.153. The van der Waals surface area contributed by atoms with E-state index in [2.05, 4.69) is 5.32 Å². The van der Waals surface area contributed by atoms with Crippen molar-refractivity contribution in [3.8, 4) is 0 Å². The third-order valence-electron chi connectivity index (χ3n) is 8.57. The van der Waals surface area contributed by atoms with Gasteiger partial charge in [-0.15, -0.1) is 0 Å². The molecule has 274 valence electrons. The van der Waals surface area contributed by atoms with Crippen LogP contribution in [0.4, 0.5) is 0 Å². The van der Waals surface area contributed by atoms with E-state index < -0.39 is 148 Å². The van der Waals surface area contributed by atoms with E-state index >= 15 is 0 Å². The topological polar surface area (TPSA) is 336 Å². The molecule has 4 aliphatic rings. The molecule has 0 aromatic carbocycles. The molecule has 4 rings (SSSR count). The van der Waals surface area contributed by atoms with Crippen molar-refractivity contribution in [3.63, 3.8) is 0 Å². The van der Waals surface area contributed by atoms with E-state index in [1.54, 1.807) is 0 Å². The van der Waals surface area contributed by atoms with Gasteiger partial charge >= 0.3 is 0 Å². The van der Waals surface area contributed by atoms with Gasteiger partial charge in [0.05, 0.1) is 25.9 Å². The fraction of sp³-hybridized carbons (Fsp3) is 0.962. The Morgan fingerprint density at radius 2 is 1.00 bits per heavy atom. The highest BCUT2D eigenvalue weighted by molar-refractivity contribution is 5.73. The third kappa shape index (κ3) is 8.04. The van der Waals surface area contributed by atoms with Gasteiger partial charge in [-0.3, -0.25) is 4.79 Å². The summed E-state index contributed by atoms with van der Waals surface area (Å²) in [5, 5.41) is 127. The molecule has 0 aromatic rings. The molecule has 0 bridgehead atoms. The first-order valence-electron chi connectivity index (χ1n) is 15.0. The van der Waals surface area contributed by atoms with E-state index in [9.17, 15) is 66.1 Å². The Morgan fingerprint density at radius 3 is 1.57 bits per heavy atom. The van der Waals surface area contributed by atoms with Crippen molar-refractivity contribution in [2.24, 2.45) is 0 Å². The molecule has 0 aromatic heterocycles. The Morgan fingerprint density at radius 1 is 0.553 bits per heavy atom. The number of hydrogen-bond acceptors (Lipinski definition) is 20. The molecule has 4 aliphatic heterocycles. The van der Waals surface area contributed by atoms with Gasteiger partial charge in [0.25, 0.3) is 0 Å². The SMILES string of the molecule is CC(=O)N[C@H]1C(O)O[C@H](CO)[C@H](O)[C@@H]1O[C@@H]1O[C@H](CO)[C@H](O)[C@H](O[C@H]2O[C@H](CO)[C@H](O)[C@H](O)[C@H]2O)[C@H]1O[C@@H]1O[C@@H](C)[C@@H](O)[C@@H](O)[C@@H]1O. The van der Waals surface area contributed by atoms with Gasteiger partial charge in [-0.05, 0) is 6.92 Å². The Hall–Kier alpha value is -1.29. The number of nitrogens with one attached hydrogen (secondary N) is 1. The minimum atomic E-state index is -1.99. The van der Waals surface area contributed by atoms with E-state index in [0.29, 0.717) is 0 Å². The minimum absolute atomic E-state index is 0.703. The van der Waals surface area contributed by atoms with Crippen molar-refractivity contribution >= 4 is 5.91 Å². The van der Waals surface area contributed by atoms with E-state index in [4.69, 9.17) is 33.2 Å². The number of rotatable bonds is 10. The number of ether oxygens (including phenoxy) is 7. The molecule has 4 saturated heterocycles. The lowest BCUT2D eigenvalue weighted by atomic mass is 9.94. The van der Waals surface area contributed by atoms with Gasteiger partial charge in [0.1, 0.15) is 91.5 Å². The molecular weight excluding hydrogens is 646 g/mol. The molecule has 1 amide bonds. The summed E-state index contributed by atoms with van der Waals surface area (Å²) in [6.07, 6.45) is -33.2. The molecule has 0 aliphatic carbocycles. The lowest BCUT2D eigenvalue weighted by molar-refractivity contribution is -0.400. The molecule has 0 spiro atoms. The molecule has 4 fully saturated rings. The van der Waals surface area contributed by atoms with Crippen LogP contribution in [0.2, 0.25) is 0 Å². The van der Waals surface area contributed by atoms with E-state index in [-0.39, 0.29) is 0 Å². The second kappa shape index (κ2) is 16.2. The molecule has 1 unspecified atom stereocenters. The summed E-state index contributed by atoms with van der Waals surface area (Å²) < 4.78 is 39.5. The lowest BCUT2D eigenvalue weighted by Crippen LogP contribution is -2.69. The standard InChI is InChI=1S/C26H45NO20/c1-6-12(32)16(36)18(38)24(41-6)47-22-21(46-25-19(39)17(37)13(33)8(3-28)43-25)15(35)10(5-30)44-26(22)45-20-11(27-7(2)31)23(40)42-9(4-29)14(20)34/h6,8-26,28-30,32-40H,3-5H2,1-2H3,(H,27,31)/t6-,8+,9+,10+,11+,12+,13-,14-,15-,16+,17-,18-,19+,20+,21-,22+,23?,24-,25+,26-/m0/s1. The fourth-order valence-corrected chi connectivity index (χ4v) is 5.86. The molecule has 13 N–H and O–H groups in total. The van der Waals surface area contributed by atoms with Crippen molar-refractivity contribution in [2.75, 3.05) is 19.8 Å². The van der Waals surface area contributed by atoms with Crippen molar-refractivity contribution in [1.29, 1.82) is 0 Å². The molecule has 0 saturated carbocycles. The number of aliphatic hydroxyl groups excluding tert-OH is 12. The van der Waals surface area contributed by atoms with Crippen LogP contribution in [-0.2, 0) is 38.0 Å². The molecule has 4 heterocycles. The average molecular weight is 692 g/mol. The van der Waals surface area contributed by atoms with Crippen LogP contribution in [0.3, 0.4) is 0 Å². The zero-order valence-electron chi connectivity index (χ0n) is 25.3. The van der Waals surface area contributed by atoms with Crippen LogP contribution in [-0.4, -0.2) is 210 Å². The molecule has 0 radical (unpaired) electrons. The van der Waals surface area contributed by atoms with Crippen molar-refractivity contribution in [2.45, 2.75) is 137 Å². The largest absolute Gasteiger partial charge is 0.394 e. The first kappa shape index (κ1) is 38.5. The number of aliphatic hydroxyl groups is 12. The minimum Gasteiger partial charge on any atom is -0.394 e. The van der Waals surface area contributed by atoms with Crippen LogP contribution >= 0.6 is 0 Å². The van der Waals surface area contributed by atoms with Gasteiger partial charge in [0.2, 0.25) is 5.91 Å². The molecule has 47 heavy (non-hydrogen) atoms. The van der Waals surface area contributed by atoms with Crippen LogP contribution in [0, 0.1) is 0 Å². The maximum absolute atomic E-state index is 12.0. The zero-order valence-corrected chi connectivity index (χ0v) is 25.3. The van der Waals surface area contributed by atoms with Crippen molar-refractivity contribution in [3.05, 3.63) is 0 Å². The molecule has 20 atom stereocenters. The highest BCUT2D eigenvalue weighted by Gasteiger charge is 2.56. The number of hydrogen-bond donors (Lipinski definition) is 13. The summed E-state index contributed by atoms with van der Waals surface area (Å²) in [7, 11) is 0. The van der Waals surface area contributed by atoms with Crippen LogP contribution in [0.5, 0.6) is 0 Å². The summed E-state index contributed by atoms with van der Waals surface area (Å²) in [6, 6.07) is -1.52. The second-order valence-corrected chi connectivity index (χ2v) is 11.9. The first-order valence-corrected chi connectivity index (χ1v) is 15.0. The average Bonchev–Trinajstić information content (AvgIpc) is 3.04. The highest BCUT2D eigenvalue weighted by Crippen LogP contribution is 2.35. The van der Waals surface area contributed by atoms with E-state index in [1.807, 2.05) is 0 Å². The lowest BCUT2D eigenvalue weighted by Gasteiger charge is -2.50. The zero-order chi connectivity index (χ0) is 34.9. The van der Waals surface area contributed by atoms with Gasteiger partial charge in [0.15, 0.2) is 25.2 Å². The fourth-order valence-electron chi connectivity index (χ4n) is 5.86. The normalized spacial score (nSPS) is 51.0. The van der Waals surface area contributed by atoms with E-state index in [1.165, 1.54) is 6.92 Å². The van der Waals surface area contributed by atoms with Gasteiger partial charge in [0, 0.05) is 6.92 Å². The smallest absolute Gasteiger partial charge is 0.217 e. The van der Waals surface area contributed by atoms with Crippen molar-refractivity contribution in [1.82, 2.24) is 5.32 Å². The van der Waals surface area contributed by atoms with Gasteiger partial charge < -0.3 is 99.8 Å². The highest BCUT2D eigenvalue weighted by atomic mass is 16.8. The second-order valence-electron chi connectivity index (χ2n) is 11.9. The van der Waals surface area contributed by atoms with Gasteiger partial charge in [-0.25, -0.2) is 0 Å². The maximum atomic E-state index is 12.0. The van der Waals surface area contributed by atoms with Crippen LogP contribution in [0.1, 0.15) is 13.8 Å². The Bertz CT molecular complexity index is 1010. The Labute approximate surface area is 267 Å². The van der Waals surface area contributed by atoms with Gasteiger partial charge in [-0.1, -0.05) is 0 Å². The maximum Gasteiger partial charge on any atom is 0.217 e. The van der Waals surface area contributed by atoms with Crippen LogP contribution in [0.15, 0.2) is 0 Å². The van der Waals surface area contributed by atoms with Gasteiger partial charge in [-0.2, -0.15) is 0 Å². The summed E-state index contributed by atoms with van der Waals surface area (Å²) in [5.74, 6) is -0.703. The monoisotopic (exact) mass is 691 g/mol. The number of carbonyl (C=O) groups excluding carboxylic acids is 1. The van der Waals surface area contributed by atoms with Crippen LogP contribution < -0.4 is 5.32 Å². The van der Waals surface area contributed by atoms with E-state index in [0.717, 1.165) is 6.92 Å². The number of carbonyl (C=O) groups is 1. The molecule has 21 nitrogen and oxygen atoms in total. The summed E-state index contributed by atoms with van der Waals surface area (Å²) >= 11 is 0. The quantitative estimate of drug-likeness (QED) is 0.101. The Kier molecular flexibility index (Phi) is 13.2. The summed E-state index contributed by atoms with van der Waals surface area (Å²) in [5.41, 5.74) is 0. The Balaban J connectivity index is 1.73. The molecular formula is C26H45NO20. The third-order valence-corrected chi connectivity index (χ3v) is 8.57. The predicted molar refractivity (Wildman–Crippen MR) is 144 cm³/mol. The summed E-state index contributed by atoms with van der Waals surface area (Å²) in [4.78, 5) is 12.0. The van der Waals surface area contributed by atoms with Crippen LogP contribution in [0.25, 0.3) is 0 Å². The molecule has 21 heteroatoms. The predicted octanol–water partition coefficient (Wildman–Crippen LogP) is -8.58. The first-order chi connectivity index (χ1) is 22.1. The number of amides is 1. The van der Waals surface area contributed by atoms with Crippen molar-refractivity contribution < 1.29 is 99.2 Å².